The lowest BCUT2D eigenvalue weighted by molar-refractivity contribution is -0.147. The van der Waals surface area contributed by atoms with Crippen LogP contribution in [0.5, 0.6) is 0 Å². The van der Waals surface area contributed by atoms with Crippen LogP contribution < -0.4 is 5.32 Å². The maximum absolute atomic E-state index is 12.1. The number of carbonyl (C=O) groups is 2. The van der Waals surface area contributed by atoms with Crippen molar-refractivity contribution in [3.05, 3.63) is 17.0 Å². The molecule has 0 saturated heterocycles. The third-order valence-electron chi connectivity index (χ3n) is 3.26. The molecule has 1 aromatic heterocycles. The molecule has 0 aromatic carbocycles. The van der Waals surface area contributed by atoms with Crippen molar-refractivity contribution in [2.75, 3.05) is 6.54 Å². The second-order valence-electron chi connectivity index (χ2n) is 5.86. The SMILES string of the molecule is Cc1noc(C(C)C)c1C(=O)NCCC(C)(C)C(=O)O. The van der Waals surface area contributed by atoms with Gasteiger partial charge in [0, 0.05) is 12.5 Å². The summed E-state index contributed by atoms with van der Waals surface area (Å²) in [5.74, 6) is -0.533. The van der Waals surface area contributed by atoms with Gasteiger partial charge in [0.15, 0.2) is 5.76 Å². The summed E-state index contributed by atoms with van der Waals surface area (Å²) in [6.07, 6.45) is 0.357. The monoisotopic (exact) mass is 282 g/mol. The lowest BCUT2D eigenvalue weighted by Crippen LogP contribution is -2.32. The van der Waals surface area contributed by atoms with Crippen molar-refractivity contribution in [2.45, 2.75) is 47.0 Å². The highest BCUT2D eigenvalue weighted by Crippen LogP contribution is 2.23. The Balaban J connectivity index is 2.69. The summed E-state index contributed by atoms with van der Waals surface area (Å²) >= 11 is 0. The Labute approximate surface area is 118 Å². The first-order valence-corrected chi connectivity index (χ1v) is 6.64. The largest absolute Gasteiger partial charge is 0.481 e. The van der Waals surface area contributed by atoms with E-state index in [9.17, 15) is 9.59 Å². The number of carboxylic acids is 1. The van der Waals surface area contributed by atoms with Crippen LogP contribution in [-0.2, 0) is 4.79 Å². The molecular weight excluding hydrogens is 260 g/mol. The second kappa shape index (κ2) is 6.07. The number of hydrogen-bond donors (Lipinski definition) is 2. The van der Waals surface area contributed by atoms with Gasteiger partial charge in [0.05, 0.1) is 11.1 Å². The summed E-state index contributed by atoms with van der Waals surface area (Å²) in [7, 11) is 0. The van der Waals surface area contributed by atoms with Crippen LogP contribution in [0.2, 0.25) is 0 Å². The van der Waals surface area contributed by atoms with Gasteiger partial charge in [-0.25, -0.2) is 0 Å². The molecule has 20 heavy (non-hydrogen) atoms. The zero-order chi connectivity index (χ0) is 15.5. The predicted octanol–water partition coefficient (Wildman–Crippen LogP) is 2.34. The van der Waals surface area contributed by atoms with Gasteiger partial charge in [-0.15, -0.1) is 0 Å². The third kappa shape index (κ3) is 3.59. The van der Waals surface area contributed by atoms with E-state index < -0.39 is 11.4 Å². The van der Waals surface area contributed by atoms with Gasteiger partial charge in [-0.1, -0.05) is 19.0 Å². The van der Waals surface area contributed by atoms with Gasteiger partial charge >= 0.3 is 5.97 Å². The van der Waals surface area contributed by atoms with Crippen LogP contribution in [0.4, 0.5) is 0 Å². The summed E-state index contributed by atoms with van der Waals surface area (Å²) < 4.78 is 5.16. The van der Waals surface area contributed by atoms with Crippen LogP contribution in [0.15, 0.2) is 4.52 Å². The van der Waals surface area contributed by atoms with Crippen molar-refractivity contribution < 1.29 is 19.2 Å². The van der Waals surface area contributed by atoms with Crippen molar-refractivity contribution in [1.29, 1.82) is 0 Å². The Kier molecular flexibility index (Phi) is 4.92. The highest BCUT2D eigenvalue weighted by Gasteiger charge is 2.27. The molecule has 0 aliphatic heterocycles. The lowest BCUT2D eigenvalue weighted by atomic mass is 9.89. The third-order valence-corrected chi connectivity index (χ3v) is 3.26. The zero-order valence-electron chi connectivity index (χ0n) is 12.6. The van der Waals surface area contributed by atoms with Gasteiger partial charge in [0.2, 0.25) is 0 Å². The molecule has 1 heterocycles. The molecule has 6 heteroatoms. The number of carboxylic acid groups (broad SMARTS) is 1. The minimum atomic E-state index is -0.879. The molecule has 0 spiro atoms. The minimum Gasteiger partial charge on any atom is -0.481 e. The fraction of sp³-hybridized carbons (Fsp3) is 0.643. The van der Waals surface area contributed by atoms with E-state index in [1.54, 1.807) is 20.8 Å². The molecule has 0 fully saturated rings. The molecule has 0 aliphatic carbocycles. The van der Waals surface area contributed by atoms with E-state index in [1.165, 1.54) is 0 Å². The smallest absolute Gasteiger partial charge is 0.309 e. The Morgan fingerprint density at radius 2 is 2.00 bits per heavy atom. The first-order chi connectivity index (χ1) is 9.16. The normalized spacial score (nSPS) is 11.7. The Bertz CT molecular complexity index is 503. The highest BCUT2D eigenvalue weighted by molar-refractivity contribution is 5.96. The van der Waals surface area contributed by atoms with E-state index in [4.69, 9.17) is 9.63 Å². The number of aromatic nitrogens is 1. The van der Waals surface area contributed by atoms with Crippen molar-refractivity contribution in [2.24, 2.45) is 5.41 Å². The molecule has 0 radical (unpaired) electrons. The first kappa shape index (κ1) is 16.2. The second-order valence-corrected chi connectivity index (χ2v) is 5.86. The van der Waals surface area contributed by atoms with E-state index in [1.807, 2.05) is 13.8 Å². The van der Waals surface area contributed by atoms with Crippen LogP contribution in [0.1, 0.15) is 61.8 Å². The molecule has 6 nitrogen and oxygen atoms in total. The molecular formula is C14H22N2O4. The number of hydrogen-bond acceptors (Lipinski definition) is 4. The van der Waals surface area contributed by atoms with E-state index in [0.29, 0.717) is 30.0 Å². The van der Waals surface area contributed by atoms with Crippen LogP contribution in [-0.4, -0.2) is 28.7 Å². The Hall–Kier alpha value is -1.85. The molecule has 1 amide bonds. The van der Waals surface area contributed by atoms with E-state index in [-0.39, 0.29) is 11.8 Å². The molecule has 0 bridgehead atoms. The van der Waals surface area contributed by atoms with Crippen molar-refractivity contribution in [1.82, 2.24) is 10.5 Å². The number of nitrogens with zero attached hydrogens (tertiary/aromatic N) is 1. The predicted molar refractivity (Wildman–Crippen MR) is 73.7 cm³/mol. The van der Waals surface area contributed by atoms with E-state index >= 15 is 0 Å². The number of nitrogens with one attached hydrogen (secondary N) is 1. The maximum Gasteiger partial charge on any atom is 0.309 e. The number of aryl methyl sites for hydroxylation is 1. The number of aliphatic carboxylic acids is 1. The lowest BCUT2D eigenvalue weighted by Gasteiger charge is -2.18. The maximum atomic E-state index is 12.1. The number of amides is 1. The van der Waals surface area contributed by atoms with E-state index in [0.717, 1.165) is 0 Å². The van der Waals surface area contributed by atoms with Gasteiger partial charge in [0.25, 0.3) is 5.91 Å². The summed E-state index contributed by atoms with van der Waals surface area (Å²) in [6.45, 7) is 9.11. The minimum absolute atomic E-state index is 0.0624. The molecule has 0 aliphatic rings. The molecule has 1 rings (SSSR count). The van der Waals surface area contributed by atoms with Crippen LogP contribution in [0, 0.1) is 12.3 Å². The molecule has 1 aromatic rings. The molecule has 0 atom stereocenters. The van der Waals surface area contributed by atoms with Crippen molar-refractivity contribution in [3.63, 3.8) is 0 Å². The molecule has 2 N–H and O–H groups in total. The molecule has 0 saturated carbocycles. The van der Waals surface area contributed by atoms with Gasteiger partial charge in [-0.3, -0.25) is 9.59 Å². The molecule has 0 unspecified atom stereocenters. The van der Waals surface area contributed by atoms with Gasteiger partial charge in [0.1, 0.15) is 5.56 Å². The number of carbonyl (C=O) groups excluding carboxylic acids is 1. The number of rotatable bonds is 6. The van der Waals surface area contributed by atoms with Gasteiger partial charge in [-0.2, -0.15) is 0 Å². The average Bonchev–Trinajstić information content (AvgIpc) is 2.70. The first-order valence-electron chi connectivity index (χ1n) is 6.64. The summed E-state index contributed by atoms with van der Waals surface area (Å²) in [5.41, 5.74) is 0.134. The van der Waals surface area contributed by atoms with E-state index in [2.05, 4.69) is 10.5 Å². The quantitative estimate of drug-likeness (QED) is 0.835. The zero-order valence-corrected chi connectivity index (χ0v) is 12.6. The summed E-state index contributed by atoms with van der Waals surface area (Å²) in [4.78, 5) is 23.1. The summed E-state index contributed by atoms with van der Waals surface area (Å²) in [5, 5.41) is 15.6. The summed E-state index contributed by atoms with van der Waals surface area (Å²) in [6, 6.07) is 0. The van der Waals surface area contributed by atoms with Crippen LogP contribution in [0.3, 0.4) is 0 Å². The topological polar surface area (TPSA) is 92.4 Å². The van der Waals surface area contributed by atoms with Crippen LogP contribution >= 0.6 is 0 Å². The fourth-order valence-corrected chi connectivity index (χ4v) is 1.74. The standard InChI is InChI=1S/C14H22N2O4/c1-8(2)11-10(9(3)16-20-11)12(17)15-7-6-14(4,5)13(18)19/h8H,6-7H2,1-5H3,(H,15,17)(H,18,19). The fourth-order valence-electron chi connectivity index (χ4n) is 1.74. The Morgan fingerprint density at radius 3 is 2.50 bits per heavy atom. The van der Waals surface area contributed by atoms with Gasteiger partial charge < -0.3 is 14.9 Å². The van der Waals surface area contributed by atoms with Crippen LogP contribution in [0.25, 0.3) is 0 Å². The van der Waals surface area contributed by atoms with Crippen molar-refractivity contribution in [3.8, 4) is 0 Å². The highest BCUT2D eigenvalue weighted by atomic mass is 16.5. The van der Waals surface area contributed by atoms with Gasteiger partial charge in [-0.05, 0) is 27.2 Å². The van der Waals surface area contributed by atoms with Crippen molar-refractivity contribution >= 4 is 11.9 Å². The molecule has 112 valence electrons. The average molecular weight is 282 g/mol. The Morgan fingerprint density at radius 1 is 1.40 bits per heavy atom.